The number of nitrogens with one attached hydrogen (secondary N) is 2. The van der Waals surface area contributed by atoms with E-state index >= 15 is 0 Å². The Morgan fingerprint density at radius 2 is 1.91 bits per heavy atom. The summed E-state index contributed by atoms with van der Waals surface area (Å²) in [4.78, 5) is 6.43. The van der Waals surface area contributed by atoms with Crippen LogP contribution in [0, 0.1) is 5.92 Å². The van der Waals surface area contributed by atoms with Crippen LogP contribution in [0.25, 0.3) is 0 Å². The van der Waals surface area contributed by atoms with E-state index in [9.17, 15) is 0 Å². The molecule has 1 atom stereocenters. The smallest absolute Gasteiger partial charge is 0.191 e. The summed E-state index contributed by atoms with van der Waals surface area (Å²) >= 11 is 0. The highest BCUT2D eigenvalue weighted by Crippen LogP contribution is 2.13. The van der Waals surface area contributed by atoms with Crippen LogP contribution in [-0.2, 0) is 6.54 Å². The summed E-state index contributed by atoms with van der Waals surface area (Å²) in [6.07, 6.45) is 2.39. The van der Waals surface area contributed by atoms with E-state index < -0.39 is 0 Å². The third kappa shape index (κ3) is 6.83. The Hall–Kier alpha value is -1.71. The average Bonchev–Trinajstić information content (AvgIpc) is 2.49. The van der Waals surface area contributed by atoms with E-state index in [4.69, 9.17) is 0 Å². The Morgan fingerprint density at radius 1 is 1.18 bits per heavy atom. The molecule has 0 aromatic heterocycles. The maximum atomic E-state index is 4.31. The lowest BCUT2D eigenvalue weighted by molar-refractivity contribution is 0.489. The fraction of sp³-hybridized carbons (Fsp3) is 0.611. The van der Waals surface area contributed by atoms with Crippen molar-refractivity contribution in [2.24, 2.45) is 10.9 Å². The van der Waals surface area contributed by atoms with Crippen molar-refractivity contribution >= 4 is 11.6 Å². The summed E-state index contributed by atoms with van der Waals surface area (Å²) in [6, 6.07) is 8.97. The number of benzene rings is 1. The molecular weight excluding hydrogens is 272 g/mol. The van der Waals surface area contributed by atoms with Crippen molar-refractivity contribution in [2.75, 3.05) is 26.0 Å². The Bertz CT molecular complexity index is 466. The van der Waals surface area contributed by atoms with E-state index in [0.29, 0.717) is 6.04 Å². The van der Waals surface area contributed by atoms with Crippen LogP contribution in [0.4, 0.5) is 5.69 Å². The van der Waals surface area contributed by atoms with Gasteiger partial charge in [-0.3, -0.25) is 4.99 Å². The van der Waals surface area contributed by atoms with Gasteiger partial charge in [0.05, 0.1) is 0 Å². The van der Waals surface area contributed by atoms with Gasteiger partial charge >= 0.3 is 0 Å². The molecule has 2 N–H and O–H groups in total. The maximum Gasteiger partial charge on any atom is 0.191 e. The largest absolute Gasteiger partial charge is 0.378 e. The van der Waals surface area contributed by atoms with Gasteiger partial charge in [-0.1, -0.05) is 26.0 Å². The molecule has 0 saturated carbocycles. The second-order valence-electron chi connectivity index (χ2n) is 6.51. The van der Waals surface area contributed by atoms with Gasteiger partial charge in [0.1, 0.15) is 0 Å². The molecule has 0 heterocycles. The molecule has 0 saturated heterocycles. The lowest BCUT2D eigenvalue weighted by Crippen LogP contribution is -2.41. The molecule has 0 amide bonds. The minimum atomic E-state index is 0.432. The first-order valence-corrected chi connectivity index (χ1v) is 8.15. The molecule has 4 heteroatoms. The van der Waals surface area contributed by atoms with E-state index in [1.165, 1.54) is 17.7 Å². The fourth-order valence-corrected chi connectivity index (χ4v) is 2.21. The second-order valence-corrected chi connectivity index (χ2v) is 6.51. The molecule has 0 aliphatic rings. The van der Waals surface area contributed by atoms with Crippen LogP contribution in [0.15, 0.2) is 29.3 Å². The zero-order chi connectivity index (χ0) is 16.5. The highest BCUT2D eigenvalue weighted by atomic mass is 15.2. The molecular formula is C18H32N4. The Morgan fingerprint density at radius 3 is 2.50 bits per heavy atom. The lowest BCUT2D eigenvalue weighted by Gasteiger charge is -2.19. The van der Waals surface area contributed by atoms with Gasteiger partial charge in [-0.25, -0.2) is 0 Å². The number of guanidine groups is 1. The number of nitrogens with zero attached hydrogens (tertiary/aromatic N) is 2. The highest BCUT2D eigenvalue weighted by Gasteiger charge is 2.06. The van der Waals surface area contributed by atoms with Gasteiger partial charge in [-0.2, -0.15) is 0 Å². The molecule has 22 heavy (non-hydrogen) atoms. The average molecular weight is 304 g/mol. The summed E-state index contributed by atoms with van der Waals surface area (Å²) in [5, 5.41) is 6.85. The first kappa shape index (κ1) is 18.3. The van der Waals surface area contributed by atoms with Gasteiger partial charge in [0.2, 0.25) is 0 Å². The van der Waals surface area contributed by atoms with Crippen LogP contribution in [0.5, 0.6) is 0 Å². The van der Waals surface area contributed by atoms with Crippen molar-refractivity contribution in [3.05, 3.63) is 29.8 Å². The minimum absolute atomic E-state index is 0.432. The minimum Gasteiger partial charge on any atom is -0.378 e. The SMILES string of the molecule is CN=C(NCc1cccc(N(C)C)c1)NC(C)CCC(C)C. The number of hydrogen-bond acceptors (Lipinski definition) is 2. The van der Waals surface area contributed by atoms with Crippen LogP contribution in [0.1, 0.15) is 39.2 Å². The van der Waals surface area contributed by atoms with Gasteiger partial charge in [-0.15, -0.1) is 0 Å². The summed E-state index contributed by atoms with van der Waals surface area (Å²) in [5.41, 5.74) is 2.47. The molecule has 1 aromatic carbocycles. The first-order chi connectivity index (χ1) is 10.4. The van der Waals surface area contributed by atoms with Gasteiger partial charge in [0.15, 0.2) is 5.96 Å². The van der Waals surface area contributed by atoms with Gasteiger partial charge < -0.3 is 15.5 Å². The van der Waals surface area contributed by atoms with Gasteiger partial charge in [-0.05, 0) is 43.4 Å². The van der Waals surface area contributed by atoms with E-state index in [1.807, 2.05) is 7.05 Å². The predicted molar refractivity (Wildman–Crippen MR) is 97.6 cm³/mol. The molecule has 124 valence electrons. The molecule has 4 nitrogen and oxygen atoms in total. The number of hydrogen-bond donors (Lipinski definition) is 2. The van der Waals surface area contributed by atoms with Gasteiger partial charge in [0.25, 0.3) is 0 Å². The van der Waals surface area contributed by atoms with Crippen LogP contribution < -0.4 is 15.5 Å². The van der Waals surface area contributed by atoms with Gasteiger partial charge in [0, 0.05) is 39.4 Å². The van der Waals surface area contributed by atoms with Crippen LogP contribution in [0.2, 0.25) is 0 Å². The number of aliphatic imine (C=N–C) groups is 1. The van der Waals surface area contributed by atoms with E-state index in [2.05, 4.69) is 79.7 Å². The maximum absolute atomic E-state index is 4.31. The summed E-state index contributed by atoms with van der Waals surface area (Å²) in [5.74, 6) is 1.61. The molecule has 1 unspecified atom stereocenters. The second kappa shape index (κ2) is 9.34. The van der Waals surface area contributed by atoms with E-state index in [-0.39, 0.29) is 0 Å². The molecule has 1 rings (SSSR count). The molecule has 1 aromatic rings. The van der Waals surface area contributed by atoms with Crippen molar-refractivity contribution in [2.45, 2.75) is 46.2 Å². The monoisotopic (exact) mass is 304 g/mol. The Balaban J connectivity index is 2.48. The highest BCUT2D eigenvalue weighted by molar-refractivity contribution is 5.79. The lowest BCUT2D eigenvalue weighted by atomic mass is 10.0. The van der Waals surface area contributed by atoms with Crippen molar-refractivity contribution in [1.29, 1.82) is 0 Å². The van der Waals surface area contributed by atoms with Crippen molar-refractivity contribution in [3.8, 4) is 0 Å². The molecule has 0 bridgehead atoms. The fourth-order valence-electron chi connectivity index (χ4n) is 2.21. The van der Waals surface area contributed by atoms with Crippen LogP contribution >= 0.6 is 0 Å². The number of anilines is 1. The molecule has 0 spiro atoms. The van der Waals surface area contributed by atoms with Crippen molar-refractivity contribution in [1.82, 2.24) is 10.6 Å². The van der Waals surface area contributed by atoms with E-state index in [0.717, 1.165) is 24.8 Å². The summed E-state index contributed by atoms with van der Waals surface area (Å²) < 4.78 is 0. The zero-order valence-corrected chi connectivity index (χ0v) is 15.0. The summed E-state index contributed by atoms with van der Waals surface area (Å²) in [7, 11) is 5.94. The summed E-state index contributed by atoms with van der Waals surface area (Å²) in [6.45, 7) is 7.51. The normalized spacial score (nSPS) is 13.1. The molecule has 0 aliphatic carbocycles. The molecule has 0 radical (unpaired) electrons. The van der Waals surface area contributed by atoms with Crippen molar-refractivity contribution < 1.29 is 0 Å². The molecule has 0 fully saturated rings. The van der Waals surface area contributed by atoms with Crippen LogP contribution in [-0.4, -0.2) is 33.1 Å². The predicted octanol–water partition coefficient (Wildman–Crippen LogP) is 3.24. The Kier molecular flexibility index (Phi) is 7.78. The standard InChI is InChI=1S/C18H32N4/c1-14(2)10-11-15(3)21-18(19-4)20-13-16-8-7-9-17(12-16)22(5)6/h7-9,12,14-15H,10-11,13H2,1-6H3,(H2,19,20,21). The quantitative estimate of drug-likeness (QED) is 0.600. The third-order valence-corrected chi connectivity index (χ3v) is 3.67. The Labute approximate surface area is 136 Å². The molecule has 0 aliphatic heterocycles. The van der Waals surface area contributed by atoms with Crippen molar-refractivity contribution in [3.63, 3.8) is 0 Å². The first-order valence-electron chi connectivity index (χ1n) is 8.15. The zero-order valence-electron chi connectivity index (χ0n) is 15.0. The van der Waals surface area contributed by atoms with E-state index in [1.54, 1.807) is 0 Å². The number of rotatable bonds is 7. The van der Waals surface area contributed by atoms with Crippen LogP contribution in [0.3, 0.4) is 0 Å². The third-order valence-electron chi connectivity index (χ3n) is 3.67. The topological polar surface area (TPSA) is 39.7 Å².